The third kappa shape index (κ3) is 4.34. The number of rotatable bonds is 5. The standard InChI is InChI=1S/C21H26N4O2/c1-22-21(23-12-17-8-5-9-19-20(17)27-15-26-19)24-18-10-11-25(14-18)13-16-6-3-2-4-7-16/h2-9,18H,10-15H2,1H3,(H2,22,23,24). The maximum absolute atomic E-state index is 5.57. The second-order valence-corrected chi connectivity index (χ2v) is 6.93. The largest absolute Gasteiger partial charge is 0.454 e. The molecule has 0 saturated carbocycles. The summed E-state index contributed by atoms with van der Waals surface area (Å²) in [5.41, 5.74) is 2.44. The van der Waals surface area contributed by atoms with Gasteiger partial charge in [-0.2, -0.15) is 0 Å². The summed E-state index contributed by atoms with van der Waals surface area (Å²) < 4.78 is 11.0. The van der Waals surface area contributed by atoms with Crippen LogP contribution in [0.25, 0.3) is 0 Å². The molecule has 2 aromatic rings. The van der Waals surface area contributed by atoms with Crippen molar-refractivity contribution < 1.29 is 9.47 Å². The molecule has 0 aliphatic carbocycles. The number of likely N-dealkylation sites (tertiary alicyclic amines) is 1. The highest BCUT2D eigenvalue weighted by molar-refractivity contribution is 5.80. The Morgan fingerprint density at radius 3 is 2.89 bits per heavy atom. The highest BCUT2D eigenvalue weighted by Crippen LogP contribution is 2.35. The van der Waals surface area contributed by atoms with Crippen molar-refractivity contribution in [3.8, 4) is 11.5 Å². The summed E-state index contributed by atoms with van der Waals surface area (Å²) in [5.74, 6) is 2.46. The first-order valence-electron chi connectivity index (χ1n) is 9.43. The topological polar surface area (TPSA) is 58.1 Å². The maximum atomic E-state index is 5.57. The van der Waals surface area contributed by atoms with Crippen molar-refractivity contribution in [2.75, 3.05) is 26.9 Å². The minimum absolute atomic E-state index is 0.290. The van der Waals surface area contributed by atoms with Gasteiger partial charge >= 0.3 is 0 Å². The fraction of sp³-hybridized carbons (Fsp3) is 0.381. The second-order valence-electron chi connectivity index (χ2n) is 6.93. The first-order valence-corrected chi connectivity index (χ1v) is 9.43. The third-order valence-electron chi connectivity index (χ3n) is 5.01. The Labute approximate surface area is 160 Å². The Balaban J connectivity index is 1.28. The zero-order valence-electron chi connectivity index (χ0n) is 15.6. The van der Waals surface area contributed by atoms with Crippen LogP contribution in [0.2, 0.25) is 0 Å². The molecule has 1 saturated heterocycles. The van der Waals surface area contributed by atoms with E-state index in [0.29, 0.717) is 19.4 Å². The molecule has 27 heavy (non-hydrogen) atoms. The van der Waals surface area contributed by atoms with Crippen molar-refractivity contribution in [1.82, 2.24) is 15.5 Å². The minimum Gasteiger partial charge on any atom is -0.454 e. The number of guanidine groups is 1. The molecule has 2 N–H and O–H groups in total. The average molecular weight is 366 g/mol. The summed E-state index contributed by atoms with van der Waals surface area (Å²) in [6, 6.07) is 17.0. The molecule has 0 amide bonds. The van der Waals surface area contributed by atoms with E-state index in [2.05, 4.69) is 50.9 Å². The molecule has 2 heterocycles. The lowest BCUT2D eigenvalue weighted by Crippen LogP contribution is -2.44. The predicted octanol–water partition coefficient (Wildman–Crippen LogP) is 2.35. The Morgan fingerprint density at radius 1 is 1.15 bits per heavy atom. The predicted molar refractivity (Wildman–Crippen MR) is 106 cm³/mol. The maximum Gasteiger partial charge on any atom is 0.231 e. The Bertz CT molecular complexity index is 794. The molecule has 0 aromatic heterocycles. The van der Waals surface area contributed by atoms with Gasteiger partial charge in [-0.05, 0) is 18.1 Å². The van der Waals surface area contributed by atoms with Crippen molar-refractivity contribution in [2.45, 2.75) is 25.6 Å². The zero-order valence-corrected chi connectivity index (χ0v) is 15.6. The highest BCUT2D eigenvalue weighted by atomic mass is 16.7. The Hall–Kier alpha value is -2.73. The van der Waals surface area contributed by atoms with Crippen LogP contribution in [0, 0.1) is 0 Å². The SMILES string of the molecule is CN=C(NCc1cccc2c1OCO2)NC1CCN(Cc2ccccc2)C1. The summed E-state index contributed by atoms with van der Waals surface area (Å²) in [6.45, 7) is 4.05. The van der Waals surface area contributed by atoms with Crippen LogP contribution < -0.4 is 20.1 Å². The normalized spacial score (nSPS) is 19.3. The Kier molecular flexibility index (Phi) is 5.44. The van der Waals surface area contributed by atoms with Crippen LogP contribution in [0.1, 0.15) is 17.5 Å². The van der Waals surface area contributed by atoms with Gasteiger partial charge in [-0.25, -0.2) is 0 Å². The van der Waals surface area contributed by atoms with Gasteiger partial charge in [-0.15, -0.1) is 0 Å². The van der Waals surface area contributed by atoms with Crippen molar-refractivity contribution >= 4 is 5.96 Å². The number of para-hydroxylation sites is 1. The lowest BCUT2D eigenvalue weighted by molar-refractivity contribution is 0.173. The summed E-state index contributed by atoms with van der Waals surface area (Å²) in [5, 5.41) is 6.94. The number of nitrogens with one attached hydrogen (secondary N) is 2. The van der Waals surface area contributed by atoms with Crippen LogP contribution in [0.5, 0.6) is 11.5 Å². The van der Waals surface area contributed by atoms with Gasteiger partial charge in [0.25, 0.3) is 0 Å². The monoisotopic (exact) mass is 366 g/mol. The van der Waals surface area contributed by atoms with E-state index < -0.39 is 0 Å². The van der Waals surface area contributed by atoms with Gasteiger partial charge in [0.1, 0.15) is 0 Å². The van der Waals surface area contributed by atoms with Crippen molar-refractivity contribution in [3.05, 3.63) is 59.7 Å². The number of ether oxygens (including phenoxy) is 2. The van der Waals surface area contributed by atoms with E-state index in [1.54, 1.807) is 7.05 Å². The molecule has 2 aliphatic heterocycles. The van der Waals surface area contributed by atoms with Gasteiger partial charge in [-0.3, -0.25) is 9.89 Å². The van der Waals surface area contributed by atoms with Crippen LogP contribution >= 0.6 is 0 Å². The summed E-state index contributed by atoms with van der Waals surface area (Å²) in [6.07, 6.45) is 1.12. The fourth-order valence-corrected chi connectivity index (χ4v) is 3.63. The molecular weight excluding hydrogens is 340 g/mol. The minimum atomic E-state index is 0.290. The lowest BCUT2D eigenvalue weighted by atomic mass is 10.2. The number of nitrogens with zero attached hydrogens (tertiary/aromatic N) is 2. The van der Waals surface area contributed by atoms with E-state index in [1.807, 2.05) is 18.2 Å². The summed E-state index contributed by atoms with van der Waals surface area (Å²) in [7, 11) is 1.81. The van der Waals surface area contributed by atoms with Gasteiger partial charge < -0.3 is 20.1 Å². The van der Waals surface area contributed by atoms with Gasteiger partial charge in [0.15, 0.2) is 17.5 Å². The molecule has 4 rings (SSSR count). The molecule has 2 aromatic carbocycles. The van der Waals surface area contributed by atoms with Gasteiger partial charge in [0.05, 0.1) is 0 Å². The first-order chi connectivity index (χ1) is 13.3. The van der Waals surface area contributed by atoms with Gasteiger partial charge in [0, 0.05) is 44.8 Å². The van der Waals surface area contributed by atoms with Gasteiger partial charge in [0.2, 0.25) is 6.79 Å². The molecule has 6 heteroatoms. The van der Waals surface area contributed by atoms with E-state index in [1.165, 1.54) is 5.56 Å². The van der Waals surface area contributed by atoms with Gasteiger partial charge in [-0.1, -0.05) is 42.5 Å². The van der Waals surface area contributed by atoms with E-state index in [0.717, 1.165) is 49.1 Å². The molecule has 1 unspecified atom stereocenters. The number of aliphatic imine (C=N–C) groups is 1. The lowest BCUT2D eigenvalue weighted by Gasteiger charge is -2.19. The molecule has 1 atom stereocenters. The summed E-state index contributed by atoms with van der Waals surface area (Å²) >= 11 is 0. The van der Waals surface area contributed by atoms with E-state index in [-0.39, 0.29) is 0 Å². The number of benzene rings is 2. The second kappa shape index (κ2) is 8.31. The fourth-order valence-electron chi connectivity index (χ4n) is 3.63. The number of fused-ring (bicyclic) bond motifs is 1. The molecule has 0 spiro atoms. The molecule has 142 valence electrons. The van der Waals surface area contributed by atoms with Crippen LogP contribution in [0.3, 0.4) is 0 Å². The Morgan fingerprint density at radius 2 is 2.04 bits per heavy atom. The molecule has 6 nitrogen and oxygen atoms in total. The molecule has 0 radical (unpaired) electrons. The quantitative estimate of drug-likeness (QED) is 0.628. The molecule has 0 bridgehead atoms. The average Bonchev–Trinajstić information content (AvgIpc) is 3.35. The van der Waals surface area contributed by atoms with Crippen LogP contribution in [-0.2, 0) is 13.1 Å². The van der Waals surface area contributed by atoms with Crippen molar-refractivity contribution in [3.63, 3.8) is 0 Å². The van der Waals surface area contributed by atoms with Crippen molar-refractivity contribution in [1.29, 1.82) is 0 Å². The van der Waals surface area contributed by atoms with E-state index in [9.17, 15) is 0 Å². The number of hydrogen-bond donors (Lipinski definition) is 2. The summed E-state index contributed by atoms with van der Waals surface area (Å²) in [4.78, 5) is 6.85. The molecule has 2 aliphatic rings. The van der Waals surface area contributed by atoms with Crippen LogP contribution in [0.4, 0.5) is 0 Å². The molecule has 1 fully saturated rings. The number of hydrogen-bond acceptors (Lipinski definition) is 4. The smallest absolute Gasteiger partial charge is 0.231 e. The zero-order chi connectivity index (χ0) is 18.5. The third-order valence-corrected chi connectivity index (χ3v) is 5.01. The van der Waals surface area contributed by atoms with Crippen LogP contribution in [-0.4, -0.2) is 43.8 Å². The highest BCUT2D eigenvalue weighted by Gasteiger charge is 2.23. The van der Waals surface area contributed by atoms with Crippen LogP contribution in [0.15, 0.2) is 53.5 Å². The molecular formula is C21H26N4O2. The van der Waals surface area contributed by atoms with Crippen molar-refractivity contribution in [2.24, 2.45) is 4.99 Å². The van der Waals surface area contributed by atoms with E-state index >= 15 is 0 Å². The first kappa shape index (κ1) is 17.7. The van der Waals surface area contributed by atoms with E-state index in [4.69, 9.17) is 9.47 Å².